The van der Waals surface area contributed by atoms with Crippen LogP contribution >= 0.6 is 47.8 Å². The van der Waals surface area contributed by atoms with Gasteiger partial charge in [0.25, 0.3) is 11.4 Å². The first-order valence-electron chi connectivity index (χ1n) is 11.3. The van der Waals surface area contributed by atoms with Crippen LogP contribution in [0.15, 0.2) is 59.3 Å². The van der Waals surface area contributed by atoms with Crippen molar-refractivity contribution in [2.24, 2.45) is 14.1 Å². The minimum Gasteiger partial charge on any atom is -0.492 e. The molecule has 0 aliphatic heterocycles. The molecule has 0 amide bonds. The Morgan fingerprint density at radius 3 is 1.79 bits per heavy atom. The van der Waals surface area contributed by atoms with Crippen molar-refractivity contribution in [1.29, 1.82) is 0 Å². The van der Waals surface area contributed by atoms with E-state index in [0.717, 1.165) is 15.9 Å². The summed E-state index contributed by atoms with van der Waals surface area (Å²) in [6.45, 7) is 0.961. The Morgan fingerprint density at radius 2 is 1.36 bits per heavy atom. The van der Waals surface area contributed by atoms with Gasteiger partial charge < -0.3 is 9.47 Å². The van der Waals surface area contributed by atoms with Gasteiger partial charge in [0.2, 0.25) is 0 Å². The van der Waals surface area contributed by atoms with E-state index >= 15 is 0 Å². The van der Waals surface area contributed by atoms with Crippen LogP contribution in [0.25, 0.3) is 22.5 Å². The predicted molar refractivity (Wildman–Crippen MR) is 157 cm³/mol. The fourth-order valence-electron chi connectivity index (χ4n) is 3.55. The van der Waals surface area contributed by atoms with Crippen molar-refractivity contribution in [2.45, 2.75) is 0 Å². The van der Waals surface area contributed by atoms with Gasteiger partial charge in [-0.2, -0.15) is 10.2 Å². The van der Waals surface area contributed by atoms with Crippen molar-refractivity contribution < 1.29 is 19.3 Å². The summed E-state index contributed by atoms with van der Waals surface area (Å²) in [5.41, 5.74) is 2.84. The molecule has 206 valence electrons. The van der Waals surface area contributed by atoms with E-state index in [1.807, 2.05) is 0 Å². The van der Waals surface area contributed by atoms with Gasteiger partial charge in [0.1, 0.15) is 11.5 Å². The molecule has 0 radical (unpaired) electrons. The number of ether oxygens (including phenoxy) is 2. The lowest BCUT2D eigenvalue weighted by Gasteiger charge is -2.11. The fraction of sp³-hybridized carbons (Fsp3) is 0.250. The summed E-state index contributed by atoms with van der Waals surface area (Å²) >= 11 is 9.97. The van der Waals surface area contributed by atoms with Crippen LogP contribution in [0.5, 0.6) is 11.5 Å². The van der Waals surface area contributed by atoms with Crippen molar-refractivity contribution in [3.8, 4) is 34.0 Å². The number of aromatic nitrogens is 4. The van der Waals surface area contributed by atoms with Crippen molar-refractivity contribution in [3.05, 3.63) is 79.6 Å². The van der Waals surface area contributed by atoms with Gasteiger partial charge in [-0.25, -0.2) is 0 Å². The molecule has 0 bridgehead atoms. The van der Waals surface area contributed by atoms with E-state index in [2.05, 4.69) is 58.0 Å². The molecular formula is C24H23Br3N6O6. The average Bonchev–Trinajstić information content (AvgIpc) is 3.50. The summed E-state index contributed by atoms with van der Waals surface area (Å²) in [5, 5.41) is 31.4. The Hall–Kier alpha value is -3.30. The monoisotopic (exact) mass is 728 g/mol. The normalized spacial score (nSPS) is 10.5. The van der Waals surface area contributed by atoms with E-state index in [1.165, 1.54) is 24.3 Å². The van der Waals surface area contributed by atoms with Gasteiger partial charge in [-0.15, -0.1) is 0 Å². The predicted octanol–water partition coefficient (Wildman–Crippen LogP) is 6.30. The summed E-state index contributed by atoms with van der Waals surface area (Å²) in [6, 6.07) is 10.9. The average molecular weight is 731 g/mol. The zero-order valence-electron chi connectivity index (χ0n) is 20.8. The zero-order valence-corrected chi connectivity index (χ0v) is 25.5. The second-order valence-electron chi connectivity index (χ2n) is 7.75. The zero-order chi connectivity index (χ0) is 28.5. The second-order valence-corrected chi connectivity index (χ2v) is 10.2. The third kappa shape index (κ3) is 7.64. The molecule has 0 spiro atoms. The number of hydrogen-bond donors (Lipinski definition) is 0. The van der Waals surface area contributed by atoms with Gasteiger partial charge in [-0.3, -0.25) is 29.6 Å². The minimum absolute atomic E-state index is 0.0132. The number of rotatable bonds is 10. The number of alkyl halides is 2. The second kappa shape index (κ2) is 14.2. The van der Waals surface area contributed by atoms with E-state index in [9.17, 15) is 20.2 Å². The minimum atomic E-state index is -0.429. The first-order chi connectivity index (χ1) is 18.7. The third-order valence-electron chi connectivity index (χ3n) is 5.26. The number of nitrogens with zero attached hydrogens (tertiary/aromatic N) is 6. The molecule has 0 fully saturated rings. The number of non-ortho nitro benzene ring substituents is 2. The molecule has 15 heteroatoms. The van der Waals surface area contributed by atoms with Gasteiger partial charge in [-0.05, 0) is 34.1 Å². The van der Waals surface area contributed by atoms with Crippen LogP contribution in [0.3, 0.4) is 0 Å². The number of nitro benzene ring substituents is 2. The maximum absolute atomic E-state index is 10.9. The van der Waals surface area contributed by atoms with E-state index < -0.39 is 9.85 Å². The molecule has 2 heterocycles. The van der Waals surface area contributed by atoms with Crippen LogP contribution in [0.1, 0.15) is 0 Å². The molecule has 0 saturated heterocycles. The third-order valence-corrected chi connectivity index (χ3v) is 6.49. The fourth-order valence-corrected chi connectivity index (χ4v) is 4.43. The molecule has 0 N–H and O–H groups in total. The number of halogens is 3. The molecule has 0 aliphatic carbocycles. The van der Waals surface area contributed by atoms with Crippen molar-refractivity contribution in [2.75, 3.05) is 23.9 Å². The highest BCUT2D eigenvalue weighted by Gasteiger charge is 2.19. The first-order valence-corrected chi connectivity index (χ1v) is 14.3. The van der Waals surface area contributed by atoms with Crippen molar-refractivity contribution in [1.82, 2.24) is 19.6 Å². The quantitative estimate of drug-likeness (QED) is 0.105. The lowest BCUT2D eigenvalue weighted by Crippen LogP contribution is -2.02. The van der Waals surface area contributed by atoms with Gasteiger partial charge in [0.15, 0.2) is 0 Å². The van der Waals surface area contributed by atoms with E-state index in [1.54, 1.807) is 54.1 Å². The van der Waals surface area contributed by atoms with Crippen LogP contribution in [0.2, 0.25) is 0 Å². The summed E-state index contributed by atoms with van der Waals surface area (Å²) in [5.74, 6) is 1.19. The smallest absolute Gasteiger partial charge is 0.270 e. The molecule has 2 aromatic carbocycles. The van der Waals surface area contributed by atoms with Crippen LogP contribution in [0.4, 0.5) is 11.4 Å². The molecule has 0 unspecified atom stereocenters. The van der Waals surface area contributed by atoms with Gasteiger partial charge in [-0.1, -0.05) is 31.9 Å². The van der Waals surface area contributed by atoms with E-state index in [4.69, 9.17) is 9.47 Å². The highest BCUT2D eigenvalue weighted by Crippen LogP contribution is 2.37. The molecule has 2 aromatic heterocycles. The Morgan fingerprint density at radius 1 is 0.821 bits per heavy atom. The topological polar surface area (TPSA) is 140 Å². The van der Waals surface area contributed by atoms with Crippen molar-refractivity contribution >= 4 is 59.2 Å². The number of aryl methyl sites for hydroxylation is 2. The first kappa shape index (κ1) is 30.2. The SMILES string of the molecule is Cn1ncc(Br)c1-c1cc([N+](=O)[O-])ccc1OCCBr.Cn1nccc1-c1cc([N+](=O)[O-])ccc1OCCBr. The molecule has 0 aliphatic rings. The van der Waals surface area contributed by atoms with Crippen LogP contribution in [-0.4, -0.2) is 53.3 Å². The summed E-state index contributed by atoms with van der Waals surface area (Å²) < 4.78 is 15.3. The Kier molecular flexibility index (Phi) is 11.0. The number of nitro groups is 2. The lowest BCUT2D eigenvalue weighted by molar-refractivity contribution is -0.385. The Labute approximate surface area is 248 Å². The van der Waals surface area contributed by atoms with Gasteiger partial charge in [0.05, 0.1) is 45.1 Å². The highest BCUT2D eigenvalue weighted by atomic mass is 79.9. The van der Waals surface area contributed by atoms with Crippen LogP contribution in [-0.2, 0) is 14.1 Å². The largest absolute Gasteiger partial charge is 0.492 e. The molecule has 0 saturated carbocycles. The maximum Gasteiger partial charge on any atom is 0.270 e. The number of benzene rings is 2. The standard InChI is InChI=1S/C12H11Br2N3O3.C12H12BrN3O3/c1-16-12(10(14)7-15-16)9-6-8(17(18)19)2-3-11(9)20-5-4-13;1-15-11(4-6-14-15)10-8-9(16(17)18)2-3-12(10)19-7-5-13/h2-3,6-7H,4-5H2,1H3;2-4,6,8H,5,7H2,1H3. The van der Waals surface area contributed by atoms with Crippen LogP contribution < -0.4 is 9.47 Å². The molecular weight excluding hydrogens is 708 g/mol. The summed E-state index contributed by atoms with van der Waals surface area (Å²) in [6.07, 6.45) is 3.28. The molecule has 0 atom stereocenters. The maximum atomic E-state index is 10.9. The van der Waals surface area contributed by atoms with Crippen molar-refractivity contribution in [3.63, 3.8) is 0 Å². The summed E-state index contributed by atoms with van der Waals surface area (Å²) in [7, 11) is 3.55. The molecule has 39 heavy (non-hydrogen) atoms. The van der Waals surface area contributed by atoms with Gasteiger partial charge in [0, 0.05) is 66.3 Å². The van der Waals surface area contributed by atoms with E-state index in [0.29, 0.717) is 46.5 Å². The highest BCUT2D eigenvalue weighted by molar-refractivity contribution is 9.10. The molecule has 4 aromatic rings. The molecule has 4 rings (SSSR count). The number of hydrogen-bond acceptors (Lipinski definition) is 8. The van der Waals surface area contributed by atoms with Gasteiger partial charge >= 0.3 is 0 Å². The molecule has 12 nitrogen and oxygen atoms in total. The lowest BCUT2D eigenvalue weighted by atomic mass is 10.1. The van der Waals surface area contributed by atoms with Crippen LogP contribution in [0, 0.1) is 20.2 Å². The Balaban J connectivity index is 0.000000216. The summed E-state index contributed by atoms with van der Waals surface area (Å²) in [4.78, 5) is 21.0. The van der Waals surface area contributed by atoms with E-state index in [-0.39, 0.29) is 11.4 Å². The Bertz CT molecular complexity index is 1440.